The Morgan fingerprint density at radius 1 is 1.35 bits per heavy atom. The van der Waals surface area contributed by atoms with Crippen molar-refractivity contribution in [2.45, 2.75) is 6.42 Å². The number of nitrogens with one attached hydrogen (secondary N) is 1. The normalized spacial score (nSPS) is 11.7. The van der Waals surface area contributed by atoms with Crippen LogP contribution >= 0.6 is 27.3 Å². The lowest BCUT2D eigenvalue weighted by Crippen LogP contribution is -2.33. The second-order valence-corrected chi connectivity index (χ2v) is 7.26. The van der Waals surface area contributed by atoms with Crippen molar-refractivity contribution in [3.8, 4) is 5.75 Å². The number of carboxylic acid groups (broad SMARTS) is 1. The van der Waals surface area contributed by atoms with E-state index in [1.54, 1.807) is 6.07 Å². The fraction of sp³-hybridized carbons (Fsp3) is 0.250. The van der Waals surface area contributed by atoms with Gasteiger partial charge in [-0.25, -0.2) is 0 Å². The molecule has 1 atom stereocenters. The first-order chi connectivity index (χ1) is 11.0. The summed E-state index contributed by atoms with van der Waals surface area (Å²) in [4.78, 5) is 24.0. The quantitative estimate of drug-likeness (QED) is 0.751. The zero-order valence-corrected chi connectivity index (χ0v) is 14.8. The summed E-state index contributed by atoms with van der Waals surface area (Å²) in [6.45, 7) is 0.0703. The molecule has 23 heavy (non-hydrogen) atoms. The molecule has 1 aromatic heterocycles. The first kappa shape index (κ1) is 17.5. The number of amides is 1. The van der Waals surface area contributed by atoms with Crippen molar-refractivity contribution in [3.05, 3.63) is 50.6 Å². The van der Waals surface area contributed by atoms with Crippen LogP contribution in [0.3, 0.4) is 0 Å². The number of halogens is 1. The minimum Gasteiger partial charge on any atom is -0.495 e. The standard InChI is InChI=1S/C16H16BrNO4S/c1-22-12-8-13(23-14(12)17)15(19)18-9-11(16(20)21)7-10-5-3-2-4-6-10/h2-6,8,11H,7,9H2,1H3,(H,18,19)(H,20,21). The van der Waals surface area contributed by atoms with Gasteiger partial charge in [-0.05, 0) is 27.9 Å². The molecule has 122 valence electrons. The lowest BCUT2D eigenvalue weighted by atomic mass is 9.99. The van der Waals surface area contributed by atoms with Crippen LogP contribution in [-0.4, -0.2) is 30.6 Å². The number of methoxy groups -OCH3 is 1. The van der Waals surface area contributed by atoms with Crippen molar-refractivity contribution in [2.24, 2.45) is 5.92 Å². The van der Waals surface area contributed by atoms with Crippen molar-refractivity contribution in [2.75, 3.05) is 13.7 Å². The maximum atomic E-state index is 12.1. The van der Waals surface area contributed by atoms with Gasteiger partial charge in [0, 0.05) is 12.6 Å². The molecule has 1 amide bonds. The van der Waals surface area contributed by atoms with Gasteiger partial charge in [-0.15, -0.1) is 11.3 Å². The second-order valence-electron chi connectivity index (χ2n) is 4.89. The van der Waals surface area contributed by atoms with E-state index in [0.29, 0.717) is 17.0 Å². The monoisotopic (exact) mass is 397 g/mol. The minimum absolute atomic E-state index is 0.0703. The number of thiophene rings is 1. The Hall–Kier alpha value is -1.86. The smallest absolute Gasteiger partial charge is 0.308 e. The molecule has 0 saturated heterocycles. The number of rotatable bonds is 7. The first-order valence-electron chi connectivity index (χ1n) is 6.89. The summed E-state index contributed by atoms with van der Waals surface area (Å²) in [7, 11) is 1.52. The van der Waals surface area contributed by atoms with E-state index in [0.717, 1.165) is 9.35 Å². The minimum atomic E-state index is -0.931. The summed E-state index contributed by atoms with van der Waals surface area (Å²) in [5, 5.41) is 12.0. The highest BCUT2D eigenvalue weighted by molar-refractivity contribution is 9.11. The van der Waals surface area contributed by atoms with Gasteiger partial charge in [0.15, 0.2) is 0 Å². The van der Waals surface area contributed by atoms with E-state index >= 15 is 0 Å². The van der Waals surface area contributed by atoms with Gasteiger partial charge in [-0.2, -0.15) is 0 Å². The van der Waals surface area contributed by atoms with Gasteiger partial charge in [-0.1, -0.05) is 30.3 Å². The van der Waals surface area contributed by atoms with Crippen LogP contribution in [-0.2, 0) is 11.2 Å². The van der Waals surface area contributed by atoms with E-state index in [-0.39, 0.29) is 12.5 Å². The number of carbonyl (C=O) groups is 2. The number of hydrogen-bond donors (Lipinski definition) is 2. The molecule has 0 saturated carbocycles. The summed E-state index contributed by atoms with van der Waals surface area (Å²) in [5.41, 5.74) is 0.926. The molecule has 5 nitrogen and oxygen atoms in total. The number of hydrogen-bond acceptors (Lipinski definition) is 4. The van der Waals surface area contributed by atoms with E-state index in [9.17, 15) is 14.7 Å². The maximum absolute atomic E-state index is 12.1. The molecule has 0 aliphatic heterocycles. The van der Waals surface area contributed by atoms with Gasteiger partial charge in [0.2, 0.25) is 0 Å². The first-order valence-corrected chi connectivity index (χ1v) is 8.50. The topological polar surface area (TPSA) is 75.6 Å². The predicted octanol–water partition coefficient (Wildman–Crippen LogP) is 3.19. The molecule has 7 heteroatoms. The molecule has 1 unspecified atom stereocenters. The lowest BCUT2D eigenvalue weighted by molar-refractivity contribution is -0.141. The molecule has 0 aliphatic rings. The Morgan fingerprint density at radius 2 is 2.04 bits per heavy atom. The molecule has 2 aromatic rings. The van der Waals surface area contributed by atoms with Gasteiger partial charge in [-0.3, -0.25) is 9.59 Å². The second kappa shape index (κ2) is 8.12. The number of carbonyl (C=O) groups excluding carboxylic acids is 1. The van der Waals surface area contributed by atoms with E-state index in [4.69, 9.17) is 4.74 Å². The van der Waals surface area contributed by atoms with Crippen LogP contribution in [0, 0.1) is 5.92 Å². The average Bonchev–Trinajstić information content (AvgIpc) is 2.93. The zero-order chi connectivity index (χ0) is 16.8. The highest BCUT2D eigenvalue weighted by atomic mass is 79.9. The Labute approximate surface area is 146 Å². The Bertz CT molecular complexity index is 687. The molecule has 0 bridgehead atoms. The molecule has 0 radical (unpaired) electrons. The number of carboxylic acids is 1. The lowest BCUT2D eigenvalue weighted by Gasteiger charge is -2.13. The third kappa shape index (κ3) is 4.80. The number of benzene rings is 1. The number of aliphatic carboxylic acids is 1. The molecule has 1 heterocycles. The van der Waals surface area contributed by atoms with Crippen molar-refractivity contribution < 1.29 is 19.4 Å². The summed E-state index contributed by atoms with van der Waals surface area (Å²) in [5.74, 6) is -1.33. The van der Waals surface area contributed by atoms with Gasteiger partial charge in [0.1, 0.15) is 9.54 Å². The SMILES string of the molecule is COc1cc(C(=O)NCC(Cc2ccccc2)C(=O)O)sc1Br. The number of ether oxygens (including phenoxy) is 1. The molecular weight excluding hydrogens is 382 g/mol. The van der Waals surface area contributed by atoms with Gasteiger partial charge >= 0.3 is 5.97 Å². The van der Waals surface area contributed by atoms with Crippen LogP contribution in [0.5, 0.6) is 5.75 Å². The fourth-order valence-corrected chi connectivity index (χ4v) is 3.62. The highest BCUT2D eigenvalue weighted by Gasteiger charge is 2.20. The Morgan fingerprint density at radius 3 is 2.61 bits per heavy atom. The molecule has 2 N–H and O–H groups in total. The largest absolute Gasteiger partial charge is 0.495 e. The van der Waals surface area contributed by atoms with Crippen LogP contribution < -0.4 is 10.1 Å². The summed E-state index contributed by atoms with van der Waals surface area (Å²) in [6.07, 6.45) is 0.369. The van der Waals surface area contributed by atoms with Crippen LogP contribution in [0.4, 0.5) is 0 Å². The van der Waals surface area contributed by atoms with Crippen LogP contribution in [0.15, 0.2) is 40.2 Å². The van der Waals surface area contributed by atoms with Gasteiger partial charge in [0.25, 0.3) is 5.91 Å². The van der Waals surface area contributed by atoms with Crippen LogP contribution in [0.2, 0.25) is 0 Å². The molecule has 0 spiro atoms. The van der Waals surface area contributed by atoms with Crippen molar-refractivity contribution in [1.29, 1.82) is 0 Å². The maximum Gasteiger partial charge on any atom is 0.308 e. The molecule has 2 rings (SSSR count). The Kier molecular flexibility index (Phi) is 6.18. The van der Waals surface area contributed by atoms with E-state index in [1.165, 1.54) is 18.4 Å². The molecule has 0 aliphatic carbocycles. The third-order valence-corrected chi connectivity index (χ3v) is 5.06. The predicted molar refractivity (Wildman–Crippen MR) is 92.2 cm³/mol. The summed E-state index contributed by atoms with van der Waals surface area (Å²) in [6, 6.07) is 11.0. The summed E-state index contributed by atoms with van der Waals surface area (Å²) >= 11 is 4.56. The van der Waals surface area contributed by atoms with Crippen LogP contribution in [0.25, 0.3) is 0 Å². The Balaban J connectivity index is 1.98. The van der Waals surface area contributed by atoms with Crippen molar-refractivity contribution >= 4 is 39.1 Å². The van der Waals surface area contributed by atoms with Crippen molar-refractivity contribution in [1.82, 2.24) is 5.32 Å². The molecule has 1 aromatic carbocycles. The molecular formula is C16H16BrNO4S. The summed E-state index contributed by atoms with van der Waals surface area (Å²) < 4.78 is 5.83. The van der Waals surface area contributed by atoms with Gasteiger partial charge in [0.05, 0.1) is 17.9 Å². The fourth-order valence-electron chi connectivity index (χ4n) is 2.05. The van der Waals surface area contributed by atoms with E-state index < -0.39 is 11.9 Å². The van der Waals surface area contributed by atoms with Gasteiger partial charge < -0.3 is 15.2 Å². The van der Waals surface area contributed by atoms with Crippen molar-refractivity contribution in [3.63, 3.8) is 0 Å². The third-order valence-electron chi connectivity index (χ3n) is 3.28. The van der Waals surface area contributed by atoms with E-state index in [2.05, 4.69) is 21.2 Å². The molecule has 0 fully saturated rings. The average molecular weight is 398 g/mol. The highest BCUT2D eigenvalue weighted by Crippen LogP contribution is 2.34. The van der Waals surface area contributed by atoms with Crippen LogP contribution in [0.1, 0.15) is 15.2 Å². The zero-order valence-electron chi connectivity index (χ0n) is 12.4. The van der Waals surface area contributed by atoms with E-state index in [1.807, 2.05) is 30.3 Å².